The smallest absolute Gasteiger partial charge is 0.292 e. The van der Waals surface area contributed by atoms with E-state index in [1.807, 2.05) is 18.7 Å². The van der Waals surface area contributed by atoms with Crippen molar-refractivity contribution in [2.24, 2.45) is 0 Å². The molecule has 0 aliphatic carbocycles. The second-order valence-corrected chi connectivity index (χ2v) is 6.36. The largest absolute Gasteiger partial charge is 0.356 e. The summed E-state index contributed by atoms with van der Waals surface area (Å²) in [5.74, 6) is 0. The fourth-order valence-corrected chi connectivity index (χ4v) is 1.79. The third-order valence-corrected chi connectivity index (χ3v) is 3.82. The van der Waals surface area contributed by atoms with Crippen LogP contribution >= 0.6 is 0 Å². The maximum Gasteiger partial charge on any atom is 0.292 e. The van der Waals surface area contributed by atoms with Crippen molar-refractivity contribution >= 4 is 10.1 Å². The molecule has 0 fully saturated rings. The van der Waals surface area contributed by atoms with Crippen molar-refractivity contribution in [2.75, 3.05) is 7.11 Å². The number of hydrogen-bond donors (Lipinski definition) is 1. The molecule has 21 heavy (non-hydrogen) atoms. The standard InChI is InChI=1S/C8H14N2.C5H12O5S/c1-3-4-8(2)10-6-5-9-7-10;1-4(9-3)10-5(2)11(6,7)8/h5-8H,3-4H2,1-2H3;4-5H,1-3H3,(H,6,7,8). The molecule has 8 heteroatoms. The maximum absolute atomic E-state index is 10.4. The van der Waals surface area contributed by atoms with Gasteiger partial charge in [0.25, 0.3) is 10.1 Å². The second-order valence-electron chi connectivity index (χ2n) is 4.67. The van der Waals surface area contributed by atoms with Gasteiger partial charge in [-0.3, -0.25) is 4.55 Å². The predicted molar refractivity (Wildman–Crippen MR) is 80.4 cm³/mol. The van der Waals surface area contributed by atoms with Gasteiger partial charge in [0.15, 0.2) is 11.7 Å². The maximum atomic E-state index is 10.4. The number of imidazole rings is 1. The van der Waals surface area contributed by atoms with Crippen LogP contribution in [0.3, 0.4) is 0 Å². The summed E-state index contributed by atoms with van der Waals surface area (Å²) in [5, 5.41) is 0. The third-order valence-electron chi connectivity index (χ3n) is 2.87. The Hall–Kier alpha value is -0.960. The molecule has 1 aromatic rings. The summed E-state index contributed by atoms with van der Waals surface area (Å²) in [7, 11) is -2.73. The van der Waals surface area contributed by atoms with Crippen molar-refractivity contribution in [3.63, 3.8) is 0 Å². The zero-order valence-corrected chi connectivity index (χ0v) is 14.1. The van der Waals surface area contributed by atoms with Crippen LogP contribution in [-0.4, -0.2) is 41.4 Å². The Kier molecular flexibility index (Phi) is 9.43. The Labute approximate surface area is 127 Å². The van der Waals surface area contributed by atoms with Crippen LogP contribution < -0.4 is 0 Å². The fourth-order valence-electron chi connectivity index (χ4n) is 1.49. The monoisotopic (exact) mass is 322 g/mol. The zero-order chi connectivity index (χ0) is 16.5. The number of hydrogen-bond acceptors (Lipinski definition) is 5. The van der Waals surface area contributed by atoms with Gasteiger partial charge in [0.1, 0.15) is 0 Å². The summed E-state index contributed by atoms with van der Waals surface area (Å²) < 4.78 is 40.6. The van der Waals surface area contributed by atoms with E-state index in [9.17, 15) is 8.42 Å². The highest BCUT2D eigenvalue weighted by Crippen LogP contribution is 2.10. The van der Waals surface area contributed by atoms with Gasteiger partial charge in [0, 0.05) is 25.5 Å². The normalized spacial score (nSPS) is 15.7. The molecular weight excluding hydrogens is 296 g/mol. The first kappa shape index (κ1) is 20.0. The SMILES string of the molecule is CCCC(C)n1ccnc1.COC(C)OC(C)S(=O)(=O)O. The first-order chi connectivity index (χ1) is 9.72. The van der Waals surface area contributed by atoms with E-state index in [0.29, 0.717) is 6.04 Å². The van der Waals surface area contributed by atoms with Crippen molar-refractivity contribution in [3.05, 3.63) is 18.7 Å². The molecule has 0 saturated heterocycles. The summed E-state index contributed by atoms with van der Waals surface area (Å²) in [5.41, 5.74) is -1.25. The molecule has 7 nitrogen and oxygen atoms in total. The summed E-state index contributed by atoms with van der Waals surface area (Å²) in [6, 6.07) is 0.604. The lowest BCUT2D eigenvalue weighted by atomic mass is 10.2. The Balaban J connectivity index is 0.000000382. The van der Waals surface area contributed by atoms with E-state index >= 15 is 0 Å². The number of ether oxygens (including phenoxy) is 2. The minimum atomic E-state index is -4.11. The number of aromatic nitrogens is 2. The van der Waals surface area contributed by atoms with E-state index in [1.54, 1.807) is 0 Å². The summed E-state index contributed by atoms with van der Waals surface area (Å²) in [6.07, 6.45) is 7.54. The molecule has 0 aliphatic heterocycles. The molecule has 1 rings (SSSR count). The molecule has 3 unspecified atom stereocenters. The molecular formula is C13H26N2O5S. The molecule has 0 amide bonds. The Bertz CT molecular complexity index is 461. The molecule has 124 valence electrons. The lowest BCUT2D eigenvalue weighted by molar-refractivity contribution is -0.119. The highest BCUT2D eigenvalue weighted by molar-refractivity contribution is 7.86. The van der Waals surface area contributed by atoms with Crippen LogP contribution in [0.2, 0.25) is 0 Å². The molecule has 0 bridgehead atoms. The first-order valence-corrected chi connectivity index (χ1v) is 8.34. The van der Waals surface area contributed by atoms with Crippen LogP contribution in [0.25, 0.3) is 0 Å². The quantitative estimate of drug-likeness (QED) is 0.612. The van der Waals surface area contributed by atoms with Gasteiger partial charge in [-0.15, -0.1) is 0 Å². The molecule has 1 N–H and O–H groups in total. The molecule has 0 aliphatic rings. The minimum absolute atomic E-state index is 0.604. The average molecular weight is 322 g/mol. The van der Waals surface area contributed by atoms with Gasteiger partial charge < -0.3 is 14.0 Å². The summed E-state index contributed by atoms with van der Waals surface area (Å²) in [6.45, 7) is 7.17. The van der Waals surface area contributed by atoms with Crippen LogP contribution in [0.15, 0.2) is 18.7 Å². The van der Waals surface area contributed by atoms with Crippen LogP contribution in [0.4, 0.5) is 0 Å². The van der Waals surface area contributed by atoms with Crippen LogP contribution in [0.5, 0.6) is 0 Å². The van der Waals surface area contributed by atoms with Gasteiger partial charge in [-0.05, 0) is 27.2 Å². The molecule has 3 atom stereocenters. The molecule has 1 aromatic heterocycles. The van der Waals surface area contributed by atoms with Crippen molar-refractivity contribution in [1.29, 1.82) is 0 Å². The highest BCUT2D eigenvalue weighted by Gasteiger charge is 2.19. The lowest BCUT2D eigenvalue weighted by Crippen LogP contribution is -2.25. The van der Waals surface area contributed by atoms with Gasteiger partial charge in [-0.25, -0.2) is 4.98 Å². The molecule has 0 aromatic carbocycles. The number of rotatable bonds is 7. The van der Waals surface area contributed by atoms with Gasteiger partial charge >= 0.3 is 0 Å². The van der Waals surface area contributed by atoms with Crippen LogP contribution in [0.1, 0.15) is 46.6 Å². The van der Waals surface area contributed by atoms with Crippen LogP contribution in [-0.2, 0) is 19.6 Å². The minimum Gasteiger partial charge on any atom is -0.356 e. The predicted octanol–water partition coefficient (Wildman–Crippen LogP) is 2.47. The number of methoxy groups -OCH3 is 1. The van der Waals surface area contributed by atoms with E-state index in [-0.39, 0.29) is 0 Å². The van der Waals surface area contributed by atoms with Crippen molar-refractivity contribution in [1.82, 2.24) is 9.55 Å². The topological polar surface area (TPSA) is 90.7 Å². The van der Waals surface area contributed by atoms with Crippen molar-refractivity contribution in [3.8, 4) is 0 Å². The van der Waals surface area contributed by atoms with E-state index in [0.717, 1.165) is 0 Å². The lowest BCUT2D eigenvalue weighted by Gasteiger charge is -2.14. The second kappa shape index (κ2) is 9.88. The molecule has 0 spiro atoms. The highest BCUT2D eigenvalue weighted by atomic mass is 32.2. The Morgan fingerprint density at radius 2 is 1.95 bits per heavy atom. The zero-order valence-electron chi connectivity index (χ0n) is 13.3. The van der Waals surface area contributed by atoms with E-state index in [2.05, 4.69) is 28.1 Å². The van der Waals surface area contributed by atoms with Crippen LogP contribution in [0, 0.1) is 0 Å². The fraction of sp³-hybridized carbons (Fsp3) is 0.769. The molecule has 0 radical (unpaired) electrons. The third kappa shape index (κ3) is 8.82. The van der Waals surface area contributed by atoms with Gasteiger partial charge in [-0.2, -0.15) is 8.42 Å². The van der Waals surface area contributed by atoms with Crippen molar-refractivity contribution in [2.45, 2.75) is 58.3 Å². The number of nitrogens with zero attached hydrogens (tertiary/aromatic N) is 2. The molecule has 0 saturated carbocycles. The van der Waals surface area contributed by atoms with E-state index in [1.165, 1.54) is 33.8 Å². The molecule has 1 heterocycles. The van der Waals surface area contributed by atoms with Gasteiger partial charge in [0.05, 0.1) is 6.33 Å². The Morgan fingerprint density at radius 1 is 1.33 bits per heavy atom. The van der Waals surface area contributed by atoms with Gasteiger partial charge in [0.2, 0.25) is 0 Å². The van der Waals surface area contributed by atoms with Gasteiger partial charge in [-0.1, -0.05) is 13.3 Å². The average Bonchev–Trinajstić information content (AvgIpc) is 2.92. The Morgan fingerprint density at radius 3 is 2.33 bits per heavy atom. The van der Waals surface area contributed by atoms with E-state index in [4.69, 9.17) is 9.29 Å². The summed E-state index contributed by atoms with van der Waals surface area (Å²) in [4.78, 5) is 3.99. The summed E-state index contributed by atoms with van der Waals surface area (Å²) >= 11 is 0. The van der Waals surface area contributed by atoms with Crippen molar-refractivity contribution < 1.29 is 22.4 Å². The van der Waals surface area contributed by atoms with E-state index < -0.39 is 21.8 Å². The first-order valence-electron chi connectivity index (χ1n) is 6.84.